The van der Waals surface area contributed by atoms with Crippen LogP contribution in [-0.4, -0.2) is 72.3 Å². The molecule has 1 amide bonds. The lowest BCUT2D eigenvalue weighted by molar-refractivity contribution is 0.0301. The number of hydrogen-bond acceptors (Lipinski definition) is 7. The molecule has 10 heteroatoms. The maximum Gasteiger partial charge on any atom is 0.257 e. The highest BCUT2D eigenvalue weighted by molar-refractivity contribution is 6.07. The number of hydrogen-bond donors (Lipinski definition) is 0. The molecule has 1 aliphatic heterocycles. The Balaban J connectivity index is 1.39. The number of ether oxygens (including phenoxy) is 1. The first-order chi connectivity index (χ1) is 15.6. The summed E-state index contributed by atoms with van der Waals surface area (Å²) in [5.41, 5.74) is 2.87. The van der Waals surface area contributed by atoms with Crippen LogP contribution in [-0.2, 0) is 18.2 Å². The third-order valence-electron chi connectivity index (χ3n) is 5.41. The van der Waals surface area contributed by atoms with Gasteiger partial charge < -0.3 is 9.64 Å². The zero-order chi connectivity index (χ0) is 22.1. The molecule has 5 rings (SSSR count). The van der Waals surface area contributed by atoms with Gasteiger partial charge in [0.1, 0.15) is 5.69 Å². The normalized spacial score (nSPS) is 14.1. The van der Waals surface area contributed by atoms with Crippen LogP contribution in [0.3, 0.4) is 0 Å². The first-order valence-corrected chi connectivity index (χ1v) is 10.3. The van der Waals surface area contributed by atoms with Crippen LogP contribution in [0.1, 0.15) is 26.4 Å². The minimum atomic E-state index is -0.197. The van der Waals surface area contributed by atoms with Gasteiger partial charge in [0, 0.05) is 50.7 Å². The van der Waals surface area contributed by atoms with E-state index in [9.17, 15) is 9.59 Å². The smallest absolute Gasteiger partial charge is 0.257 e. The number of nitrogens with zero attached hydrogens (tertiary/aromatic N) is 7. The van der Waals surface area contributed by atoms with Gasteiger partial charge in [-0.1, -0.05) is 6.07 Å². The molecular weight excluding hydrogens is 410 g/mol. The van der Waals surface area contributed by atoms with Crippen LogP contribution in [0.15, 0.2) is 49.1 Å². The maximum absolute atomic E-state index is 13.2. The van der Waals surface area contributed by atoms with Crippen molar-refractivity contribution in [2.75, 3.05) is 26.3 Å². The van der Waals surface area contributed by atoms with E-state index in [4.69, 9.17) is 4.74 Å². The number of amides is 1. The van der Waals surface area contributed by atoms with Gasteiger partial charge in [0.25, 0.3) is 5.91 Å². The summed E-state index contributed by atoms with van der Waals surface area (Å²) in [5.74, 6) is 0.178. The first kappa shape index (κ1) is 20.0. The Bertz CT molecular complexity index is 1290. The molecular formula is C22H21N7O3. The molecule has 0 N–H and O–H groups in total. The number of aromatic nitrogens is 6. The zero-order valence-corrected chi connectivity index (χ0v) is 17.5. The molecule has 0 bridgehead atoms. The number of Topliss-reactive ketones (excluding diaryl/α,β-unsaturated/α-hetero) is 1. The lowest BCUT2D eigenvalue weighted by Crippen LogP contribution is -2.41. The fraction of sp³-hybridized carbons (Fsp3) is 0.273. The highest BCUT2D eigenvalue weighted by Crippen LogP contribution is 2.18. The molecule has 1 fully saturated rings. The number of pyridine rings is 2. The predicted molar refractivity (Wildman–Crippen MR) is 114 cm³/mol. The lowest BCUT2D eigenvalue weighted by Gasteiger charge is -2.26. The van der Waals surface area contributed by atoms with E-state index in [1.165, 1.54) is 10.9 Å². The molecule has 10 nitrogen and oxygen atoms in total. The summed E-state index contributed by atoms with van der Waals surface area (Å²) in [6, 6.07) is 7.38. The van der Waals surface area contributed by atoms with Crippen LogP contribution >= 0.6 is 0 Å². The average Bonchev–Trinajstić information content (AvgIpc) is 3.43. The molecule has 5 heterocycles. The molecule has 0 radical (unpaired) electrons. The number of carbonyl (C=O) groups is 2. The van der Waals surface area contributed by atoms with Crippen LogP contribution in [0.5, 0.6) is 0 Å². The van der Waals surface area contributed by atoms with Gasteiger partial charge in [-0.25, -0.2) is 9.50 Å². The lowest BCUT2D eigenvalue weighted by atomic mass is 10.1. The quantitative estimate of drug-likeness (QED) is 0.440. The molecule has 32 heavy (non-hydrogen) atoms. The van der Waals surface area contributed by atoms with Crippen molar-refractivity contribution < 1.29 is 14.3 Å². The highest BCUT2D eigenvalue weighted by atomic mass is 16.5. The maximum atomic E-state index is 13.2. The van der Waals surface area contributed by atoms with E-state index in [1.807, 2.05) is 24.3 Å². The van der Waals surface area contributed by atoms with Crippen molar-refractivity contribution >= 4 is 17.3 Å². The minimum Gasteiger partial charge on any atom is -0.378 e. The zero-order valence-electron chi connectivity index (χ0n) is 17.5. The van der Waals surface area contributed by atoms with Gasteiger partial charge in [-0.05, 0) is 23.8 Å². The van der Waals surface area contributed by atoms with E-state index >= 15 is 0 Å². The molecule has 162 valence electrons. The van der Waals surface area contributed by atoms with Crippen LogP contribution in [0.4, 0.5) is 0 Å². The fourth-order valence-corrected chi connectivity index (χ4v) is 3.78. The Morgan fingerprint density at radius 3 is 2.75 bits per heavy atom. The summed E-state index contributed by atoms with van der Waals surface area (Å²) >= 11 is 0. The fourth-order valence-electron chi connectivity index (χ4n) is 3.78. The molecule has 0 aromatic carbocycles. The molecule has 0 atom stereocenters. The molecule has 4 aromatic rings. The van der Waals surface area contributed by atoms with E-state index in [2.05, 4.69) is 20.2 Å². The Labute approximate surface area is 183 Å². The van der Waals surface area contributed by atoms with Crippen molar-refractivity contribution in [2.24, 2.45) is 7.05 Å². The molecule has 1 saturated heterocycles. The largest absolute Gasteiger partial charge is 0.378 e. The summed E-state index contributed by atoms with van der Waals surface area (Å²) in [4.78, 5) is 36.4. The van der Waals surface area contributed by atoms with Crippen molar-refractivity contribution in [3.63, 3.8) is 0 Å². The number of morpholine rings is 1. The van der Waals surface area contributed by atoms with Crippen molar-refractivity contribution in [3.8, 4) is 11.4 Å². The second-order valence-corrected chi connectivity index (χ2v) is 7.55. The van der Waals surface area contributed by atoms with Crippen LogP contribution in [0.25, 0.3) is 17.0 Å². The molecule has 0 unspecified atom stereocenters. The molecule has 4 aromatic heterocycles. The van der Waals surface area contributed by atoms with Crippen LogP contribution in [0, 0.1) is 0 Å². The summed E-state index contributed by atoms with van der Waals surface area (Å²) < 4.78 is 8.42. The van der Waals surface area contributed by atoms with Crippen LogP contribution < -0.4 is 0 Å². The number of ketones is 1. The number of fused-ring (bicyclic) bond motifs is 1. The Kier molecular flexibility index (Phi) is 5.20. The summed E-state index contributed by atoms with van der Waals surface area (Å²) in [7, 11) is 1.67. The van der Waals surface area contributed by atoms with E-state index in [1.54, 1.807) is 35.1 Å². The Hall–Kier alpha value is -3.92. The van der Waals surface area contributed by atoms with Gasteiger partial charge >= 0.3 is 0 Å². The van der Waals surface area contributed by atoms with Gasteiger partial charge in [0.05, 0.1) is 25.0 Å². The van der Waals surface area contributed by atoms with Gasteiger partial charge in [0.15, 0.2) is 17.3 Å². The minimum absolute atomic E-state index is 0.112. The SMILES string of the molecule is Cn1ncc(C(=O)N2CCOCC2)c1C(=O)Cc1ccc2nc(-c3cccnc3)nn2c1. The third kappa shape index (κ3) is 3.76. The van der Waals surface area contributed by atoms with Gasteiger partial charge in [-0.15, -0.1) is 5.10 Å². The van der Waals surface area contributed by atoms with E-state index in [0.29, 0.717) is 49.0 Å². The number of carbonyl (C=O) groups excluding carboxylic acids is 2. The second kappa shape index (κ2) is 8.31. The standard InChI is InChI=1S/C22H21N7O3/c1-27-20(17(13-24-27)22(31)28-7-9-32-10-8-28)18(30)11-15-4-5-19-25-21(26-29(19)14-15)16-3-2-6-23-12-16/h2-6,12-14H,7-11H2,1H3. The first-order valence-electron chi connectivity index (χ1n) is 10.3. The Morgan fingerprint density at radius 1 is 1.12 bits per heavy atom. The highest BCUT2D eigenvalue weighted by Gasteiger charge is 2.27. The van der Waals surface area contributed by atoms with E-state index < -0.39 is 0 Å². The summed E-state index contributed by atoms with van der Waals surface area (Å²) in [6.45, 7) is 2.00. The van der Waals surface area contributed by atoms with Gasteiger partial charge in [-0.3, -0.25) is 19.3 Å². The molecule has 0 saturated carbocycles. The summed E-state index contributed by atoms with van der Waals surface area (Å²) in [6.07, 6.45) is 6.75. The van der Waals surface area contributed by atoms with Crippen molar-refractivity contribution in [1.29, 1.82) is 0 Å². The van der Waals surface area contributed by atoms with Crippen molar-refractivity contribution in [2.45, 2.75) is 6.42 Å². The van der Waals surface area contributed by atoms with Gasteiger partial charge in [-0.2, -0.15) is 5.10 Å². The molecule has 1 aliphatic rings. The third-order valence-corrected chi connectivity index (χ3v) is 5.41. The summed E-state index contributed by atoms with van der Waals surface area (Å²) in [5, 5.41) is 8.67. The molecule has 0 spiro atoms. The van der Waals surface area contributed by atoms with Gasteiger partial charge in [0.2, 0.25) is 0 Å². The molecule has 0 aliphatic carbocycles. The van der Waals surface area contributed by atoms with Crippen LogP contribution in [0.2, 0.25) is 0 Å². The van der Waals surface area contributed by atoms with Crippen molar-refractivity contribution in [1.82, 2.24) is 34.3 Å². The van der Waals surface area contributed by atoms with Crippen molar-refractivity contribution in [3.05, 3.63) is 65.9 Å². The number of aryl methyl sites for hydroxylation is 1. The van der Waals surface area contributed by atoms with E-state index in [-0.39, 0.29) is 18.1 Å². The Morgan fingerprint density at radius 2 is 1.97 bits per heavy atom. The number of rotatable bonds is 5. The average molecular weight is 431 g/mol. The monoisotopic (exact) mass is 431 g/mol. The predicted octanol–water partition coefficient (Wildman–Crippen LogP) is 1.42. The second-order valence-electron chi connectivity index (χ2n) is 7.55. The topological polar surface area (TPSA) is 108 Å². The van der Waals surface area contributed by atoms with E-state index in [0.717, 1.165) is 11.1 Å².